The predicted octanol–water partition coefficient (Wildman–Crippen LogP) is 3.33. The monoisotopic (exact) mass is 314 g/mol. The molecule has 0 fully saturated rings. The highest BCUT2D eigenvalue weighted by atomic mass is 16.5. The van der Waals surface area contributed by atoms with Crippen molar-refractivity contribution in [3.05, 3.63) is 65.2 Å². The van der Waals surface area contributed by atoms with Crippen LogP contribution in [0, 0.1) is 0 Å². The van der Waals surface area contributed by atoms with Gasteiger partial charge in [0.2, 0.25) is 0 Å². The molecule has 2 aromatic carbocycles. The maximum atomic E-state index is 11.2. The van der Waals surface area contributed by atoms with E-state index in [-0.39, 0.29) is 5.56 Å². The maximum Gasteiger partial charge on any atom is 0.335 e. The molecule has 0 saturated carbocycles. The van der Waals surface area contributed by atoms with Gasteiger partial charge in [0.1, 0.15) is 12.4 Å². The predicted molar refractivity (Wildman–Crippen MR) is 84.8 cm³/mol. The zero-order valence-corrected chi connectivity index (χ0v) is 12.9. The lowest BCUT2D eigenvalue weighted by Crippen LogP contribution is -2.28. The van der Waals surface area contributed by atoms with Crippen molar-refractivity contribution in [3.8, 4) is 5.75 Å². The number of rotatable bonds is 6. The molecule has 5 nitrogen and oxygen atoms in total. The number of hydrogen-bond donors (Lipinski definition) is 2. The molecule has 0 atom stereocenters. The first-order valence-corrected chi connectivity index (χ1v) is 7.09. The fourth-order valence-corrected chi connectivity index (χ4v) is 2.00. The minimum absolute atomic E-state index is 0.231. The second-order valence-corrected chi connectivity index (χ2v) is 5.75. The zero-order valence-electron chi connectivity index (χ0n) is 12.9. The fraction of sp³-hybridized carbons (Fsp3) is 0.222. The maximum absolute atomic E-state index is 11.2. The van der Waals surface area contributed by atoms with Gasteiger partial charge in [0.25, 0.3) is 0 Å². The molecule has 2 N–H and O–H groups in total. The molecule has 0 aliphatic heterocycles. The Bertz CT molecular complexity index is 699. The third kappa shape index (κ3) is 3.88. The topological polar surface area (TPSA) is 83.8 Å². The Hall–Kier alpha value is -2.82. The van der Waals surface area contributed by atoms with Crippen LogP contribution in [0.2, 0.25) is 0 Å². The molecule has 2 rings (SSSR count). The van der Waals surface area contributed by atoms with E-state index in [1.165, 1.54) is 12.1 Å². The van der Waals surface area contributed by atoms with Crippen LogP contribution in [0.25, 0.3) is 0 Å². The summed E-state index contributed by atoms with van der Waals surface area (Å²) in [6.07, 6.45) is 0. The van der Waals surface area contributed by atoms with Crippen molar-refractivity contribution in [1.82, 2.24) is 0 Å². The summed E-state index contributed by atoms with van der Waals surface area (Å²) in [7, 11) is 0. The molecule has 2 aromatic rings. The Labute approximate surface area is 134 Å². The molecule has 0 unspecified atom stereocenters. The van der Waals surface area contributed by atoms with Gasteiger partial charge in [-0.05, 0) is 49.2 Å². The number of hydrogen-bond acceptors (Lipinski definition) is 3. The summed E-state index contributed by atoms with van der Waals surface area (Å²) in [6.45, 7) is 3.60. The number of aliphatic carboxylic acids is 1. The first kappa shape index (κ1) is 16.5. The van der Waals surface area contributed by atoms with Gasteiger partial charge in [0.15, 0.2) is 0 Å². The number of aromatic carboxylic acids is 1. The summed E-state index contributed by atoms with van der Waals surface area (Å²) in [6, 6.07) is 13.4. The van der Waals surface area contributed by atoms with Crippen LogP contribution in [0.3, 0.4) is 0 Å². The standard InChI is InChI=1S/C18H18O5/c1-18(2,17(21)22)14-7-9-15(10-8-14)23-11-12-3-5-13(6-4-12)16(19)20/h3-10H,11H2,1-2H3,(H,19,20)(H,21,22). The molecule has 0 amide bonds. The van der Waals surface area contributed by atoms with E-state index in [1.807, 2.05) is 0 Å². The Balaban J connectivity index is 2.01. The van der Waals surface area contributed by atoms with Crippen LogP contribution in [-0.2, 0) is 16.8 Å². The van der Waals surface area contributed by atoms with Crippen molar-refractivity contribution >= 4 is 11.9 Å². The molecule has 0 bridgehead atoms. The summed E-state index contributed by atoms with van der Waals surface area (Å²) in [5, 5.41) is 18.0. The van der Waals surface area contributed by atoms with E-state index < -0.39 is 17.4 Å². The van der Waals surface area contributed by atoms with Crippen LogP contribution in [-0.4, -0.2) is 22.2 Å². The Kier molecular flexibility index (Phi) is 4.69. The van der Waals surface area contributed by atoms with Crippen molar-refractivity contribution in [2.75, 3.05) is 0 Å². The number of carboxylic acids is 2. The third-order valence-electron chi connectivity index (χ3n) is 3.72. The van der Waals surface area contributed by atoms with Crippen molar-refractivity contribution < 1.29 is 24.5 Å². The van der Waals surface area contributed by atoms with Crippen molar-refractivity contribution in [3.63, 3.8) is 0 Å². The highest BCUT2D eigenvalue weighted by Gasteiger charge is 2.29. The molecule has 0 aromatic heterocycles. The Morgan fingerprint density at radius 1 is 0.957 bits per heavy atom. The van der Waals surface area contributed by atoms with E-state index in [1.54, 1.807) is 50.2 Å². The summed E-state index contributed by atoms with van der Waals surface area (Å²) in [5.41, 5.74) is 0.827. The molecule has 5 heteroatoms. The molecular formula is C18H18O5. The molecule has 0 saturated heterocycles. The quantitative estimate of drug-likeness (QED) is 0.854. The molecule has 23 heavy (non-hydrogen) atoms. The largest absolute Gasteiger partial charge is 0.489 e. The van der Waals surface area contributed by atoms with Gasteiger partial charge < -0.3 is 14.9 Å². The molecule has 0 aliphatic carbocycles. The smallest absolute Gasteiger partial charge is 0.335 e. The van der Waals surface area contributed by atoms with Crippen molar-refractivity contribution in [2.24, 2.45) is 0 Å². The van der Waals surface area contributed by atoms with E-state index in [2.05, 4.69) is 0 Å². The van der Waals surface area contributed by atoms with Crippen LogP contribution < -0.4 is 4.74 Å². The lowest BCUT2D eigenvalue weighted by Gasteiger charge is -2.19. The van der Waals surface area contributed by atoms with Gasteiger partial charge in [-0.2, -0.15) is 0 Å². The average molecular weight is 314 g/mol. The summed E-state index contributed by atoms with van der Waals surface area (Å²) < 4.78 is 5.63. The molecule has 0 radical (unpaired) electrons. The molecular weight excluding hydrogens is 296 g/mol. The Morgan fingerprint density at radius 3 is 2.00 bits per heavy atom. The minimum atomic E-state index is -0.964. The number of ether oxygens (including phenoxy) is 1. The van der Waals surface area contributed by atoms with Crippen LogP contribution in [0.1, 0.15) is 35.3 Å². The van der Waals surface area contributed by atoms with E-state index >= 15 is 0 Å². The number of carboxylic acid groups (broad SMARTS) is 2. The summed E-state index contributed by atoms with van der Waals surface area (Å²) in [5.74, 6) is -1.23. The normalized spacial score (nSPS) is 11.0. The van der Waals surface area contributed by atoms with Crippen LogP contribution >= 0.6 is 0 Å². The van der Waals surface area contributed by atoms with E-state index in [9.17, 15) is 14.7 Å². The lowest BCUT2D eigenvalue weighted by atomic mass is 9.85. The number of benzene rings is 2. The second-order valence-electron chi connectivity index (χ2n) is 5.75. The van der Waals surface area contributed by atoms with Crippen molar-refractivity contribution in [1.29, 1.82) is 0 Å². The van der Waals surface area contributed by atoms with Crippen LogP contribution in [0.4, 0.5) is 0 Å². The first-order chi connectivity index (χ1) is 10.8. The van der Waals surface area contributed by atoms with Crippen LogP contribution in [0.15, 0.2) is 48.5 Å². The lowest BCUT2D eigenvalue weighted by molar-refractivity contribution is -0.142. The SMILES string of the molecule is CC(C)(C(=O)O)c1ccc(OCc2ccc(C(=O)O)cc2)cc1. The van der Waals surface area contributed by atoms with Gasteiger partial charge in [-0.1, -0.05) is 24.3 Å². The summed E-state index contributed by atoms with van der Waals surface area (Å²) >= 11 is 0. The second kappa shape index (κ2) is 6.52. The van der Waals surface area contributed by atoms with Crippen LogP contribution in [0.5, 0.6) is 5.75 Å². The zero-order chi connectivity index (χ0) is 17.0. The molecule has 0 heterocycles. The molecule has 120 valence electrons. The van der Waals surface area contributed by atoms with Crippen molar-refractivity contribution in [2.45, 2.75) is 25.9 Å². The Morgan fingerprint density at radius 2 is 1.52 bits per heavy atom. The average Bonchev–Trinajstić information content (AvgIpc) is 2.53. The van der Waals surface area contributed by atoms with Gasteiger partial charge in [-0.3, -0.25) is 4.79 Å². The van der Waals surface area contributed by atoms with Gasteiger partial charge in [0, 0.05) is 0 Å². The van der Waals surface area contributed by atoms with E-state index in [0.29, 0.717) is 17.9 Å². The van der Waals surface area contributed by atoms with Gasteiger partial charge in [-0.25, -0.2) is 4.79 Å². The highest BCUT2D eigenvalue weighted by molar-refractivity contribution is 5.87. The van der Waals surface area contributed by atoms with Gasteiger partial charge in [-0.15, -0.1) is 0 Å². The first-order valence-electron chi connectivity index (χ1n) is 7.09. The fourth-order valence-electron chi connectivity index (χ4n) is 2.00. The van der Waals surface area contributed by atoms with Gasteiger partial charge >= 0.3 is 11.9 Å². The highest BCUT2D eigenvalue weighted by Crippen LogP contribution is 2.25. The third-order valence-corrected chi connectivity index (χ3v) is 3.72. The number of carbonyl (C=O) groups is 2. The minimum Gasteiger partial charge on any atom is -0.489 e. The van der Waals surface area contributed by atoms with E-state index in [0.717, 1.165) is 5.56 Å². The molecule has 0 spiro atoms. The summed E-state index contributed by atoms with van der Waals surface area (Å²) in [4.78, 5) is 22.0. The van der Waals surface area contributed by atoms with Gasteiger partial charge in [0.05, 0.1) is 11.0 Å². The van der Waals surface area contributed by atoms with E-state index in [4.69, 9.17) is 9.84 Å². The molecule has 0 aliphatic rings.